The van der Waals surface area contributed by atoms with Gasteiger partial charge in [-0.15, -0.1) is 0 Å². The van der Waals surface area contributed by atoms with Crippen LogP contribution in [0.2, 0.25) is 0 Å². The molecule has 1 aliphatic rings. The zero-order chi connectivity index (χ0) is 14.3. The Balaban J connectivity index is 2.23. The topological polar surface area (TPSA) is 3.24 Å². The molecule has 1 unspecified atom stereocenters. The Hall–Kier alpha value is -1.19. The molecular formula is C15H20F3N. The first kappa shape index (κ1) is 14.2. The average Bonchev–Trinajstić information content (AvgIpc) is 2.32. The van der Waals surface area contributed by atoms with E-state index in [1.165, 1.54) is 12.1 Å². The lowest BCUT2D eigenvalue weighted by atomic mass is 9.77. The fourth-order valence-corrected chi connectivity index (χ4v) is 2.72. The Bertz CT molecular complexity index is 434. The molecule has 1 nitrogen and oxygen atoms in total. The zero-order valence-corrected chi connectivity index (χ0v) is 11.6. The molecule has 1 aromatic carbocycles. The van der Waals surface area contributed by atoms with E-state index in [4.69, 9.17) is 0 Å². The smallest absolute Gasteiger partial charge is 0.368 e. The van der Waals surface area contributed by atoms with Crippen LogP contribution in [0.4, 0.5) is 18.9 Å². The van der Waals surface area contributed by atoms with E-state index >= 15 is 0 Å². The number of hydrogen-bond donors (Lipinski definition) is 0. The molecule has 19 heavy (non-hydrogen) atoms. The number of alkyl halides is 3. The molecule has 0 N–H and O–H groups in total. The summed E-state index contributed by atoms with van der Waals surface area (Å²) in [5, 5.41) is 0. The monoisotopic (exact) mass is 271 g/mol. The van der Waals surface area contributed by atoms with Crippen LogP contribution in [0.1, 0.15) is 39.2 Å². The van der Waals surface area contributed by atoms with Gasteiger partial charge in [0.05, 0.1) is 5.56 Å². The third kappa shape index (κ3) is 2.88. The van der Waals surface area contributed by atoms with Crippen LogP contribution in [-0.2, 0) is 6.18 Å². The van der Waals surface area contributed by atoms with Crippen LogP contribution in [0.3, 0.4) is 0 Å². The third-order valence-corrected chi connectivity index (χ3v) is 4.34. The summed E-state index contributed by atoms with van der Waals surface area (Å²) in [6.45, 7) is 7.49. The van der Waals surface area contributed by atoms with Crippen LogP contribution < -0.4 is 4.90 Å². The van der Waals surface area contributed by atoms with Crippen molar-refractivity contribution in [3.63, 3.8) is 0 Å². The first-order valence-electron chi connectivity index (χ1n) is 6.66. The van der Waals surface area contributed by atoms with E-state index < -0.39 is 11.7 Å². The summed E-state index contributed by atoms with van der Waals surface area (Å²) in [6.07, 6.45) is -2.02. The number of anilines is 1. The Labute approximate surface area is 112 Å². The first-order chi connectivity index (χ1) is 8.72. The summed E-state index contributed by atoms with van der Waals surface area (Å²) in [5.41, 5.74) is 0.495. The van der Waals surface area contributed by atoms with Gasteiger partial charge < -0.3 is 4.90 Å². The largest absolute Gasteiger partial charge is 0.416 e. The van der Waals surface area contributed by atoms with Crippen molar-refractivity contribution in [1.29, 1.82) is 0 Å². The molecule has 0 radical (unpaired) electrons. The Morgan fingerprint density at radius 3 is 2.26 bits per heavy atom. The predicted molar refractivity (Wildman–Crippen MR) is 71.3 cm³/mol. The highest BCUT2D eigenvalue weighted by Crippen LogP contribution is 2.38. The molecule has 0 spiro atoms. The normalized spacial score (nSPS) is 23.5. The van der Waals surface area contributed by atoms with E-state index in [1.54, 1.807) is 12.1 Å². The van der Waals surface area contributed by atoms with Crippen molar-refractivity contribution < 1.29 is 13.2 Å². The minimum Gasteiger partial charge on any atom is -0.368 e. The van der Waals surface area contributed by atoms with Crippen LogP contribution in [-0.4, -0.2) is 12.6 Å². The Morgan fingerprint density at radius 2 is 1.74 bits per heavy atom. The first-order valence-corrected chi connectivity index (χ1v) is 6.66. The van der Waals surface area contributed by atoms with Gasteiger partial charge in [-0.3, -0.25) is 0 Å². The number of hydrogen-bond acceptors (Lipinski definition) is 1. The van der Waals surface area contributed by atoms with Crippen LogP contribution >= 0.6 is 0 Å². The van der Waals surface area contributed by atoms with Crippen molar-refractivity contribution in [2.45, 2.75) is 45.8 Å². The van der Waals surface area contributed by atoms with Crippen molar-refractivity contribution in [2.24, 2.45) is 5.41 Å². The SMILES string of the molecule is CC1N(c2ccc(C(F)(F)F)cc2)CCCC1(C)C. The molecule has 1 atom stereocenters. The minimum atomic E-state index is -4.26. The van der Waals surface area contributed by atoms with E-state index in [9.17, 15) is 13.2 Å². The lowest BCUT2D eigenvalue weighted by Gasteiger charge is -2.46. The van der Waals surface area contributed by atoms with Gasteiger partial charge in [0.2, 0.25) is 0 Å². The van der Waals surface area contributed by atoms with Crippen molar-refractivity contribution in [3.8, 4) is 0 Å². The van der Waals surface area contributed by atoms with Crippen LogP contribution in [0.25, 0.3) is 0 Å². The second-order valence-corrected chi connectivity index (χ2v) is 6.01. The molecule has 1 fully saturated rings. The molecule has 0 aromatic heterocycles. The fourth-order valence-electron chi connectivity index (χ4n) is 2.72. The number of piperidine rings is 1. The number of halogens is 3. The summed E-state index contributed by atoms with van der Waals surface area (Å²) >= 11 is 0. The number of nitrogens with zero attached hydrogens (tertiary/aromatic N) is 1. The van der Waals surface area contributed by atoms with Crippen molar-refractivity contribution in [3.05, 3.63) is 29.8 Å². The van der Waals surface area contributed by atoms with Crippen LogP contribution in [0.15, 0.2) is 24.3 Å². The minimum absolute atomic E-state index is 0.195. The summed E-state index contributed by atoms with van der Waals surface area (Å²) in [7, 11) is 0. The standard InChI is InChI=1S/C15H20F3N/c1-11-14(2,3)9-4-10-19(11)13-7-5-12(6-8-13)15(16,17)18/h5-8,11H,4,9-10H2,1-3H3. The summed E-state index contributed by atoms with van der Waals surface area (Å²) in [6, 6.07) is 5.84. The highest BCUT2D eigenvalue weighted by atomic mass is 19.4. The van der Waals surface area contributed by atoms with E-state index in [0.29, 0.717) is 6.04 Å². The molecule has 1 heterocycles. The molecule has 106 valence electrons. The number of rotatable bonds is 1. The summed E-state index contributed by atoms with van der Waals surface area (Å²) in [5.74, 6) is 0. The second kappa shape index (κ2) is 4.73. The maximum atomic E-state index is 12.5. The highest BCUT2D eigenvalue weighted by Gasteiger charge is 2.35. The van der Waals surface area contributed by atoms with Gasteiger partial charge in [-0.05, 0) is 49.4 Å². The van der Waals surface area contributed by atoms with E-state index in [0.717, 1.165) is 25.1 Å². The van der Waals surface area contributed by atoms with Gasteiger partial charge in [0, 0.05) is 18.3 Å². The van der Waals surface area contributed by atoms with Crippen molar-refractivity contribution in [1.82, 2.24) is 0 Å². The third-order valence-electron chi connectivity index (χ3n) is 4.34. The van der Waals surface area contributed by atoms with Crippen LogP contribution in [0.5, 0.6) is 0 Å². The van der Waals surface area contributed by atoms with E-state index in [1.807, 2.05) is 0 Å². The molecule has 0 bridgehead atoms. The van der Waals surface area contributed by atoms with Crippen molar-refractivity contribution in [2.75, 3.05) is 11.4 Å². The second-order valence-electron chi connectivity index (χ2n) is 6.01. The molecule has 4 heteroatoms. The quantitative estimate of drug-likeness (QED) is 0.714. The molecule has 1 aliphatic heterocycles. The Morgan fingerprint density at radius 1 is 1.16 bits per heavy atom. The highest BCUT2D eigenvalue weighted by molar-refractivity contribution is 5.49. The van der Waals surface area contributed by atoms with Gasteiger partial charge in [-0.1, -0.05) is 13.8 Å². The van der Waals surface area contributed by atoms with Gasteiger partial charge in [0.1, 0.15) is 0 Å². The maximum absolute atomic E-state index is 12.5. The molecular weight excluding hydrogens is 251 g/mol. The molecule has 0 aliphatic carbocycles. The molecule has 1 aromatic rings. The molecule has 0 amide bonds. The van der Waals surface area contributed by atoms with Gasteiger partial charge in [-0.2, -0.15) is 13.2 Å². The van der Waals surface area contributed by atoms with Gasteiger partial charge in [0.25, 0.3) is 0 Å². The van der Waals surface area contributed by atoms with Gasteiger partial charge in [0.15, 0.2) is 0 Å². The summed E-state index contributed by atoms with van der Waals surface area (Å²) in [4.78, 5) is 2.21. The molecule has 1 saturated heterocycles. The average molecular weight is 271 g/mol. The number of benzene rings is 1. The molecule has 0 saturated carbocycles. The van der Waals surface area contributed by atoms with Gasteiger partial charge in [-0.25, -0.2) is 0 Å². The maximum Gasteiger partial charge on any atom is 0.416 e. The lowest BCUT2D eigenvalue weighted by molar-refractivity contribution is -0.137. The fraction of sp³-hybridized carbons (Fsp3) is 0.600. The Kier molecular flexibility index (Phi) is 3.54. The predicted octanol–water partition coefficient (Wildman–Crippen LogP) is 4.72. The van der Waals surface area contributed by atoms with Crippen molar-refractivity contribution >= 4 is 5.69 Å². The van der Waals surface area contributed by atoms with E-state index in [2.05, 4.69) is 25.7 Å². The molecule has 2 rings (SSSR count). The zero-order valence-electron chi connectivity index (χ0n) is 11.6. The van der Waals surface area contributed by atoms with E-state index in [-0.39, 0.29) is 5.41 Å². The lowest BCUT2D eigenvalue weighted by Crippen LogP contribution is -2.48. The summed E-state index contributed by atoms with van der Waals surface area (Å²) < 4.78 is 37.6. The van der Waals surface area contributed by atoms with Gasteiger partial charge >= 0.3 is 6.18 Å². The van der Waals surface area contributed by atoms with Crippen LogP contribution in [0, 0.1) is 5.41 Å².